The van der Waals surface area contributed by atoms with Crippen LogP contribution in [0.15, 0.2) is 60.8 Å². The summed E-state index contributed by atoms with van der Waals surface area (Å²) in [4.78, 5) is 17.5. The van der Waals surface area contributed by atoms with Crippen molar-refractivity contribution in [3.8, 4) is 22.7 Å². The Bertz CT molecular complexity index is 842. The lowest BCUT2D eigenvalue weighted by atomic mass is 10.1. The van der Waals surface area contributed by atoms with Crippen molar-refractivity contribution in [1.82, 2.24) is 15.3 Å². The fraction of sp³-hybridized carbons (Fsp3) is 0.158. The molecule has 0 saturated carbocycles. The van der Waals surface area contributed by atoms with Crippen LogP contribution in [-0.2, 0) is 4.84 Å². The van der Waals surface area contributed by atoms with Gasteiger partial charge in [-0.15, -0.1) is 0 Å². The molecule has 1 heterocycles. The fourth-order valence-electron chi connectivity index (χ4n) is 2.41. The zero-order valence-corrected chi connectivity index (χ0v) is 14.1. The van der Waals surface area contributed by atoms with Gasteiger partial charge in [0, 0.05) is 11.8 Å². The number of ether oxygens (including phenoxy) is 1. The van der Waals surface area contributed by atoms with E-state index in [1.807, 2.05) is 54.6 Å². The SMILES string of the molecule is CCONC(=O)c1cn(-c2ccccc2)nc1-c1ccc(OC)cc1. The smallest absolute Gasteiger partial charge is 0.278 e. The molecule has 1 amide bonds. The van der Waals surface area contributed by atoms with Crippen LogP contribution in [0, 0.1) is 0 Å². The largest absolute Gasteiger partial charge is 0.497 e. The minimum Gasteiger partial charge on any atom is -0.497 e. The van der Waals surface area contributed by atoms with E-state index in [-0.39, 0.29) is 5.91 Å². The van der Waals surface area contributed by atoms with Gasteiger partial charge in [-0.3, -0.25) is 9.63 Å². The highest BCUT2D eigenvalue weighted by Gasteiger charge is 2.18. The van der Waals surface area contributed by atoms with Crippen LogP contribution in [0.25, 0.3) is 16.9 Å². The minimum atomic E-state index is -0.338. The molecule has 2 aromatic carbocycles. The van der Waals surface area contributed by atoms with Crippen LogP contribution in [0.5, 0.6) is 5.75 Å². The molecule has 1 N–H and O–H groups in total. The van der Waals surface area contributed by atoms with Gasteiger partial charge in [0.15, 0.2) is 0 Å². The summed E-state index contributed by atoms with van der Waals surface area (Å²) in [7, 11) is 1.61. The van der Waals surface area contributed by atoms with Gasteiger partial charge in [-0.1, -0.05) is 18.2 Å². The molecule has 0 fully saturated rings. The third kappa shape index (κ3) is 3.70. The van der Waals surface area contributed by atoms with Crippen LogP contribution < -0.4 is 10.2 Å². The molecular formula is C19H19N3O3. The molecule has 6 heteroatoms. The maximum absolute atomic E-state index is 12.5. The van der Waals surface area contributed by atoms with Gasteiger partial charge in [-0.2, -0.15) is 5.10 Å². The highest BCUT2D eigenvalue weighted by Crippen LogP contribution is 2.25. The van der Waals surface area contributed by atoms with E-state index < -0.39 is 0 Å². The number of aromatic nitrogens is 2. The Morgan fingerprint density at radius 1 is 1.12 bits per heavy atom. The van der Waals surface area contributed by atoms with Crippen LogP contribution in [0.4, 0.5) is 0 Å². The number of hydrogen-bond acceptors (Lipinski definition) is 4. The summed E-state index contributed by atoms with van der Waals surface area (Å²) in [5, 5.41) is 4.59. The second-order valence-electron chi connectivity index (χ2n) is 5.26. The summed E-state index contributed by atoms with van der Waals surface area (Å²) in [6.45, 7) is 2.19. The first-order valence-corrected chi connectivity index (χ1v) is 7.94. The van der Waals surface area contributed by atoms with Crippen molar-refractivity contribution in [1.29, 1.82) is 0 Å². The first-order chi connectivity index (χ1) is 12.2. The number of nitrogens with zero attached hydrogens (tertiary/aromatic N) is 2. The predicted octanol–water partition coefficient (Wildman–Crippen LogP) is 3.23. The molecule has 1 aromatic heterocycles. The number of benzene rings is 2. The summed E-state index contributed by atoms with van der Waals surface area (Å²) in [6, 6.07) is 17.0. The maximum atomic E-state index is 12.5. The van der Waals surface area contributed by atoms with Crippen molar-refractivity contribution >= 4 is 5.91 Å². The van der Waals surface area contributed by atoms with Crippen molar-refractivity contribution in [2.24, 2.45) is 0 Å². The Morgan fingerprint density at radius 3 is 2.48 bits per heavy atom. The molecule has 0 aliphatic heterocycles. The lowest BCUT2D eigenvalue weighted by Crippen LogP contribution is -2.23. The highest BCUT2D eigenvalue weighted by molar-refractivity contribution is 5.99. The fourth-order valence-corrected chi connectivity index (χ4v) is 2.41. The van der Waals surface area contributed by atoms with E-state index in [1.165, 1.54) is 0 Å². The van der Waals surface area contributed by atoms with Crippen LogP contribution in [0.2, 0.25) is 0 Å². The van der Waals surface area contributed by atoms with Crippen molar-refractivity contribution in [3.63, 3.8) is 0 Å². The molecule has 0 saturated heterocycles. The van der Waals surface area contributed by atoms with Crippen molar-refractivity contribution in [2.75, 3.05) is 13.7 Å². The molecule has 0 unspecified atom stereocenters. The molecule has 0 bridgehead atoms. The summed E-state index contributed by atoms with van der Waals surface area (Å²) in [6.07, 6.45) is 1.70. The number of rotatable bonds is 6. The summed E-state index contributed by atoms with van der Waals surface area (Å²) in [5.41, 5.74) is 5.12. The molecule has 3 aromatic rings. The normalized spacial score (nSPS) is 10.5. The first kappa shape index (κ1) is 16.7. The molecule has 0 aliphatic carbocycles. The zero-order valence-electron chi connectivity index (χ0n) is 14.1. The maximum Gasteiger partial charge on any atom is 0.278 e. The van der Waals surface area contributed by atoms with Crippen molar-refractivity contribution in [3.05, 3.63) is 66.4 Å². The van der Waals surface area contributed by atoms with Gasteiger partial charge in [0.1, 0.15) is 11.4 Å². The van der Waals surface area contributed by atoms with Crippen LogP contribution in [0.3, 0.4) is 0 Å². The van der Waals surface area contributed by atoms with Gasteiger partial charge >= 0.3 is 0 Å². The third-order valence-electron chi connectivity index (χ3n) is 3.65. The molecule has 25 heavy (non-hydrogen) atoms. The summed E-state index contributed by atoms with van der Waals surface area (Å²) >= 11 is 0. The topological polar surface area (TPSA) is 65.4 Å². The van der Waals surface area contributed by atoms with E-state index in [4.69, 9.17) is 9.57 Å². The Morgan fingerprint density at radius 2 is 1.84 bits per heavy atom. The molecule has 3 rings (SSSR count). The standard InChI is InChI=1S/C19H19N3O3/c1-3-25-21-19(23)17-13-22(15-7-5-4-6-8-15)20-18(17)14-9-11-16(24-2)12-10-14/h4-13H,3H2,1-2H3,(H,21,23). The predicted molar refractivity (Wildman–Crippen MR) is 94.6 cm³/mol. The average molecular weight is 337 g/mol. The van der Waals surface area contributed by atoms with E-state index >= 15 is 0 Å². The number of carbonyl (C=O) groups excluding carboxylic acids is 1. The van der Waals surface area contributed by atoms with E-state index in [2.05, 4.69) is 10.6 Å². The van der Waals surface area contributed by atoms with Gasteiger partial charge in [0.25, 0.3) is 5.91 Å². The van der Waals surface area contributed by atoms with Crippen LogP contribution in [-0.4, -0.2) is 29.4 Å². The van der Waals surface area contributed by atoms with Crippen molar-refractivity contribution < 1.29 is 14.4 Å². The monoisotopic (exact) mass is 337 g/mol. The number of carbonyl (C=O) groups is 1. The number of para-hydroxylation sites is 1. The summed E-state index contributed by atoms with van der Waals surface area (Å²) < 4.78 is 6.87. The molecule has 0 spiro atoms. The van der Waals surface area contributed by atoms with E-state index in [0.717, 1.165) is 17.0 Å². The van der Waals surface area contributed by atoms with Crippen LogP contribution >= 0.6 is 0 Å². The van der Waals surface area contributed by atoms with E-state index in [1.54, 1.807) is 24.9 Å². The third-order valence-corrected chi connectivity index (χ3v) is 3.65. The Kier molecular flexibility index (Phi) is 5.11. The lowest BCUT2D eigenvalue weighted by molar-refractivity contribution is 0.0365. The molecular weight excluding hydrogens is 318 g/mol. The van der Waals surface area contributed by atoms with Gasteiger partial charge < -0.3 is 4.74 Å². The number of hydrogen-bond donors (Lipinski definition) is 1. The highest BCUT2D eigenvalue weighted by atomic mass is 16.6. The molecule has 0 aliphatic rings. The lowest BCUT2D eigenvalue weighted by Gasteiger charge is -2.05. The van der Waals surface area contributed by atoms with E-state index in [9.17, 15) is 4.79 Å². The number of amides is 1. The Hall–Kier alpha value is -3.12. The van der Waals surface area contributed by atoms with Crippen molar-refractivity contribution in [2.45, 2.75) is 6.92 Å². The summed E-state index contributed by atoms with van der Waals surface area (Å²) in [5.74, 6) is 0.404. The second kappa shape index (κ2) is 7.63. The zero-order chi connectivity index (χ0) is 17.6. The van der Waals surface area contributed by atoms with E-state index in [0.29, 0.717) is 17.9 Å². The van der Waals surface area contributed by atoms with Gasteiger partial charge in [0.2, 0.25) is 0 Å². The number of nitrogens with one attached hydrogen (secondary N) is 1. The first-order valence-electron chi connectivity index (χ1n) is 7.94. The molecule has 128 valence electrons. The number of hydroxylamine groups is 1. The molecule has 0 atom stereocenters. The average Bonchev–Trinajstić information content (AvgIpc) is 3.12. The quantitative estimate of drug-likeness (QED) is 0.701. The Balaban J connectivity index is 2.04. The number of methoxy groups -OCH3 is 1. The van der Waals surface area contributed by atoms with Gasteiger partial charge in [0.05, 0.1) is 25.0 Å². The van der Waals surface area contributed by atoms with Crippen LogP contribution in [0.1, 0.15) is 17.3 Å². The van der Waals surface area contributed by atoms with Gasteiger partial charge in [-0.25, -0.2) is 10.2 Å². The molecule has 0 radical (unpaired) electrons. The Labute approximate surface area is 146 Å². The minimum absolute atomic E-state index is 0.338. The molecule has 6 nitrogen and oxygen atoms in total. The second-order valence-corrected chi connectivity index (χ2v) is 5.26. The van der Waals surface area contributed by atoms with Gasteiger partial charge in [-0.05, 0) is 43.3 Å².